The van der Waals surface area contributed by atoms with Gasteiger partial charge in [-0.3, -0.25) is 9.48 Å². The molecule has 1 rings (SSSR count). The van der Waals surface area contributed by atoms with Gasteiger partial charge in [-0.05, 0) is 6.07 Å². The van der Waals surface area contributed by atoms with Crippen LogP contribution in [0.1, 0.15) is 24.3 Å². The number of carbonyl (C=O) groups is 1. The number of aromatic nitrogens is 2. The average Bonchev–Trinajstić information content (AvgIpc) is 2.71. The molecule has 7 heteroatoms. The quantitative estimate of drug-likeness (QED) is 0.296. The molecule has 0 aromatic carbocycles. The summed E-state index contributed by atoms with van der Waals surface area (Å²) in [7, 11) is 1.68. The highest BCUT2D eigenvalue weighted by Crippen LogP contribution is 2.13. The zero-order chi connectivity index (χ0) is 13.1. The number of carbonyl (C=O) groups excluding carboxylic acids is 1. The van der Waals surface area contributed by atoms with Crippen LogP contribution in [-0.2, 0) is 7.05 Å². The van der Waals surface area contributed by atoms with Gasteiger partial charge in [-0.1, -0.05) is 19.0 Å². The van der Waals surface area contributed by atoms with Gasteiger partial charge in [0.2, 0.25) is 0 Å². The van der Waals surface area contributed by atoms with Crippen molar-refractivity contribution in [2.45, 2.75) is 13.8 Å². The molecule has 17 heavy (non-hydrogen) atoms. The number of amidine groups is 1. The van der Waals surface area contributed by atoms with Gasteiger partial charge in [0, 0.05) is 25.2 Å². The molecule has 0 spiro atoms. The first-order valence-electron chi connectivity index (χ1n) is 5.12. The average molecular weight is 239 g/mol. The summed E-state index contributed by atoms with van der Waals surface area (Å²) in [5.41, 5.74) is 5.37. The second kappa shape index (κ2) is 4.86. The number of nitrogens with zero attached hydrogens (tertiary/aromatic N) is 3. The molecule has 0 aliphatic carbocycles. The van der Waals surface area contributed by atoms with Gasteiger partial charge in [-0.2, -0.15) is 5.10 Å². The van der Waals surface area contributed by atoms with Gasteiger partial charge < -0.3 is 16.3 Å². The Kier molecular flexibility index (Phi) is 3.72. The number of oxime groups is 1. The molecule has 4 N–H and O–H groups in total. The summed E-state index contributed by atoms with van der Waals surface area (Å²) in [6, 6.07) is 1.62. The number of hydrogen-bond donors (Lipinski definition) is 3. The van der Waals surface area contributed by atoms with Crippen molar-refractivity contribution in [3.05, 3.63) is 18.0 Å². The van der Waals surface area contributed by atoms with E-state index in [0.29, 0.717) is 5.69 Å². The first-order valence-corrected chi connectivity index (χ1v) is 5.12. The van der Waals surface area contributed by atoms with Crippen molar-refractivity contribution in [1.29, 1.82) is 0 Å². The van der Waals surface area contributed by atoms with Crippen LogP contribution in [0.2, 0.25) is 0 Å². The number of hydrogen-bond acceptors (Lipinski definition) is 4. The molecule has 0 aliphatic heterocycles. The van der Waals surface area contributed by atoms with Gasteiger partial charge in [0.1, 0.15) is 11.5 Å². The second-order valence-corrected chi connectivity index (χ2v) is 4.39. The Morgan fingerprint density at radius 3 is 2.82 bits per heavy atom. The number of rotatable bonds is 4. The van der Waals surface area contributed by atoms with E-state index < -0.39 is 5.41 Å². The van der Waals surface area contributed by atoms with Crippen molar-refractivity contribution in [3.63, 3.8) is 0 Å². The third-order valence-corrected chi connectivity index (χ3v) is 2.55. The Balaban J connectivity index is 2.64. The lowest BCUT2D eigenvalue weighted by atomic mass is 9.92. The maximum Gasteiger partial charge on any atom is 0.269 e. The van der Waals surface area contributed by atoms with E-state index in [-0.39, 0.29) is 18.3 Å². The third kappa shape index (κ3) is 2.96. The summed E-state index contributed by atoms with van der Waals surface area (Å²) in [5, 5.41) is 18.2. The molecule has 0 atom stereocenters. The van der Waals surface area contributed by atoms with Gasteiger partial charge in [0.15, 0.2) is 0 Å². The van der Waals surface area contributed by atoms with Crippen molar-refractivity contribution in [3.8, 4) is 0 Å². The summed E-state index contributed by atoms with van der Waals surface area (Å²) < 4.78 is 1.48. The SMILES string of the molecule is Cn1nccc1C(=O)NCC(C)(C)/C(N)=N/O. The van der Waals surface area contributed by atoms with Crippen LogP contribution >= 0.6 is 0 Å². The molecule has 0 fully saturated rings. The van der Waals surface area contributed by atoms with Crippen LogP contribution in [0.25, 0.3) is 0 Å². The maximum atomic E-state index is 11.8. The topological polar surface area (TPSA) is 106 Å². The monoisotopic (exact) mass is 239 g/mol. The molecule has 94 valence electrons. The highest BCUT2D eigenvalue weighted by atomic mass is 16.4. The van der Waals surface area contributed by atoms with E-state index >= 15 is 0 Å². The zero-order valence-electron chi connectivity index (χ0n) is 10.1. The molecule has 7 nitrogen and oxygen atoms in total. The summed E-state index contributed by atoms with van der Waals surface area (Å²) in [6.07, 6.45) is 1.55. The predicted molar refractivity (Wildman–Crippen MR) is 62.7 cm³/mol. The summed E-state index contributed by atoms with van der Waals surface area (Å²) in [6.45, 7) is 3.81. The minimum absolute atomic E-state index is 0.0720. The van der Waals surface area contributed by atoms with Crippen molar-refractivity contribution in [2.75, 3.05) is 6.54 Å². The molecule has 1 aromatic heterocycles. The first-order chi connectivity index (χ1) is 7.88. The number of aryl methyl sites for hydroxylation is 1. The molecular formula is C10H17N5O2. The Bertz CT molecular complexity index is 436. The van der Waals surface area contributed by atoms with Crippen LogP contribution < -0.4 is 11.1 Å². The lowest BCUT2D eigenvalue weighted by Gasteiger charge is -2.22. The minimum Gasteiger partial charge on any atom is -0.409 e. The molecular weight excluding hydrogens is 222 g/mol. The predicted octanol–water partition coefficient (Wildman–Crippen LogP) is -0.0775. The molecule has 0 bridgehead atoms. The van der Waals surface area contributed by atoms with Gasteiger partial charge in [0.25, 0.3) is 5.91 Å². The number of nitrogens with one attached hydrogen (secondary N) is 1. The standard InChI is InChI=1S/C10H17N5O2/c1-10(2,9(11)14-17)6-12-8(16)7-4-5-13-15(7)3/h4-5,17H,6H2,1-3H3,(H2,11,14)(H,12,16). The molecule has 0 aliphatic rings. The van der Waals surface area contributed by atoms with E-state index in [1.54, 1.807) is 33.2 Å². The summed E-state index contributed by atoms with van der Waals surface area (Å²) >= 11 is 0. The Morgan fingerprint density at radius 2 is 2.35 bits per heavy atom. The second-order valence-electron chi connectivity index (χ2n) is 4.39. The molecule has 1 amide bonds. The van der Waals surface area contributed by atoms with Crippen LogP contribution in [0.3, 0.4) is 0 Å². The van der Waals surface area contributed by atoms with Gasteiger partial charge >= 0.3 is 0 Å². The summed E-state index contributed by atoms with van der Waals surface area (Å²) in [4.78, 5) is 11.8. The van der Waals surface area contributed by atoms with Gasteiger partial charge in [0.05, 0.1) is 0 Å². The fourth-order valence-corrected chi connectivity index (χ4v) is 1.21. The van der Waals surface area contributed by atoms with Crippen LogP contribution in [0.15, 0.2) is 17.4 Å². The van der Waals surface area contributed by atoms with Crippen molar-refractivity contribution in [1.82, 2.24) is 15.1 Å². The van der Waals surface area contributed by atoms with E-state index in [0.717, 1.165) is 0 Å². The fourth-order valence-electron chi connectivity index (χ4n) is 1.21. The Hall–Kier alpha value is -2.05. The highest BCUT2D eigenvalue weighted by molar-refractivity contribution is 5.93. The summed E-state index contributed by atoms with van der Waals surface area (Å²) in [5.74, 6) is -0.174. The molecule has 0 unspecified atom stereocenters. The van der Waals surface area contributed by atoms with E-state index in [1.807, 2.05) is 0 Å². The molecule has 1 heterocycles. The van der Waals surface area contributed by atoms with Gasteiger partial charge in [-0.15, -0.1) is 0 Å². The van der Waals surface area contributed by atoms with Gasteiger partial charge in [-0.25, -0.2) is 0 Å². The van der Waals surface area contributed by atoms with E-state index in [1.165, 1.54) is 4.68 Å². The van der Waals surface area contributed by atoms with E-state index in [4.69, 9.17) is 10.9 Å². The first kappa shape index (κ1) is 13.0. The number of nitrogens with two attached hydrogens (primary N) is 1. The Labute approximate surface area is 99.3 Å². The smallest absolute Gasteiger partial charge is 0.269 e. The van der Waals surface area contributed by atoms with Crippen LogP contribution in [0.4, 0.5) is 0 Å². The zero-order valence-corrected chi connectivity index (χ0v) is 10.1. The third-order valence-electron chi connectivity index (χ3n) is 2.55. The van der Waals surface area contributed by atoms with Crippen LogP contribution in [-0.4, -0.2) is 33.3 Å². The lowest BCUT2D eigenvalue weighted by Crippen LogP contribution is -2.42. The maximum absolute atomic E-state index is 11.8. The van der Waals surface area contributed by atoms with Crippen molar-refractivity contribution < 1.29 is 10.0 Å². The lowest BCUT2D eigenvalue weighted by molar-refractivity contribution is 0.0935. The molecule has 1 aromatic rings. The van der Waals surface area contributed by atoms with Crippen molar-refractivity contribution in [2.24, 2.45) is 23.4 Å². The largest absolute Gasteiger partial charge is 0.409 e. The molecule has 0 saturated carbocycles. The fraction of sp³-hybridized carbons (Fsp3) is 0.500. The molecule has 0 saturated heterocycles. The van der Waals surface area contributed by atoms with Crippen molar-refractivity contribution >= 4 is 11.7 Å². The van der Waals surface area contributed by atoms with E-state index in [9.17, 15) is 4.79 Å². The molecule has 0 radical (unpaired) electrons. The van der Waals surface area contributed by atoms with E-state index in [2.05, 4.69) is 15.6 Å². The normalized spacial score (nSPS) is 12.5. The highest BCUT2D eigenvalue weighted by Gasteiger charge is 2.24. The number of amides is 1. The van der Waals surface area contributed by atoms with Crippen LogP contribution in [0.5, 0.6) is 0 Å². The Morgan fingerprint density at radius 1 is 1.71 bits per heavy atom. The minimum atomic E-state index is -0.608. The van der Waals surface area contributed by atoms with Crippen LogP contribution in [0, 0.1) is 5.41 Å².